The number of rotatable bonds is 5. The Bertz CT molecular complexity index is 960. The third kappa shape index (κ3) is 5.42. The van der Waals surface area contributed by atoms with Crippen molar-refractivity contribution in [1.82, 2.24) is 5.32 Å². The lowest BCUT2D eigenvalue weighted by molar-refractivity contribution is -0.146. The molecule has 0 saturated carbocycles. The van der Waals surface area contributed by atoms with E-state index in [1.165, 1.54) is 0 Å². The van der Waals surface area contributed by atoms with Crippen molar-refractivity contribution >= 4 is 35.2 Å². The van der Waals surface area contributed by atoms with Gasteiger partial charge >= 0.3 is 5.97 Å². The van der Waals surface area contributed by atoms with E-state index < -0.39 is 5.97 Å². The molecule has 2 aromatic rings. The van der Waals surface area contributed by atoms with Gasteiger partial charge in [0.25, 0.3) is 11.8 Å². The van der Waals surface area contributed by atoms with Gasteiger partial charge in [-0.05, 0) is 55.7 Å². The molecular weight excluding hydrogens is 400 g/mol. The van der Waals surface area contributed by atoms with Gasteiger partial charge in [0, 0.05) is 22.3 Å². The third-order valence-corrected chi connectivity index (χ3v) is 6.30. The molecule has 1 aliphatic rings. The molecule has 1 atom stereocenters. The largest absolute Gasteiger partial charge is 0.454 e. The van der Waals surface area contributed by atoms with Crippen molar-refractivity contribution in [3.63, 3.8) is 0 Å². The molecule has 1 N–H and O–H groups in total. The molecule has 6 nitrogen and oxygen atoms in total. The minimum absolute atomic E-state index is 0.272. The van der Waals surface area contributed by atoms with Gasteiger partial charge in [0.2, 0.25) is 0 Å². The number of carbonyl (C=O) groups is 3. The Kier molecular flexibility index (Phi) is 7.15. The number of ether oxygens (including phenoxy) is 1. The summed E-state index contributed by atoms with van der Waals surface area (Å²) in [5.41, 5.74) is 3.42. The van der Waals surface area contributed by atoms with Crippen LogP contribution in [0.15, 0.2) is 47.4 Å². The van der Waals surface area contributed by atoms with E-state index in [0.717, 1.165) is 28.1 Å². The number of amides is 2. The van der Waals surface area contributed by atoms with Crippen LogP contribution in [-0.2, 0) is 14.3 Å². The number of thioether (sulfide) groups is 1. The molecular formula is C23H26N2O4S. The van der Waals surface area contributed by atoms with E-state index in [2.05, 4.69) is 12.2 Å². The van der Waals surface area contributed by atoms with E-state index >= 15 is 0 Å². The lowest BCUT2D eigenvalue weighted by atomic mass is 10.1. The Morgan fingerprint density at radius 1 is 1.13 bits per heavy atom. The molecule has 0 aliphatic carbocycles. The number of benzene rings is 2. The quantitative estimate of drug-likeness (QED) is 0.741. The van der Waals surface area contributed by atoms with Gasteiger partial charge in [0.05, 0.1) is 5.69 Å². The summed E-state index contributed by atoms with van der Waals surface area (Å²) in [4.78, 5) is 39.7. The first-order chi connectivity index (χ1) is 14.3. The minimum atomic E-state index is -0.647. The lowest BCUT2D eigenvalue weighted by Gasteiger charge is -2.22. The van der Waals surface area contributed by atoms with Gasteiger partial charge in [-0.25, -0.2) is 0 Å². The summed E-state index contributed by atoms with van der Waals surface area (Å²) in [6.45, 7) is 5.95. The summed E-state index contributed by atoms with van der Waals surface area (Å²) in [5, 5.41) is 2.93. The Morgan fingerprint density at radius 3 is 2.67 bits per heavy atom. The van der Waals surface area contributed by atoms with Crippen molar-refractivity contribution in [1.29, 1.82) is 0 Å². The monoisotopic (exact) mass is 426 g/mol. The first kappa shape index (κ1) is 21.9. The minimum Gasteiger partial charge on any atom is -0.454 e. The number of esters is 1. The number of fused-ring (bicyclic) bond motifs is 1. The summed E-state index contributed by atoms with van der Waals surface area (Å²) in [7, 11) is 0. The zero-order chi connectivity index (χ0) is 21.7. The molecule has 7 heteroatoms. The Hall–Kier alpha value is -2.80. The standard InChI is InChI=1S/C23H26N2O4S/c1-15-8-9-18(12-16(15)2)23(28)24-13-22(27)29-14-21(26)25-11-10-17(3)30-20-7-5-4-6-19(20)25/h4-9,12,17H,10-11,13-14H2,1-3H3,(H,24,28). The molecule has 1 unspecified atom stereocenters. The van der Waals surface area contributed by atoms with Crippen molar-refractivity contribution in [3.05, 3.63) is 59.2 Å². The van der Waals surface area contributed by atoms with Crippen molar-refractivity contribution in [2.75, 3.05) is 24.6 Å². The Balaban J connectivity index is 1.52. The normalized spacial score (nSPS) is 15.7. The van der Waals surface area contributed by atoms with Gasteiger partial charge in [-0.15, -0.1) is 11.8 Å². The van der Waals surface area contributed by atoms with Crippen LogP contribution in [0, 0.1) is 13.8 Å². The van der Waals surface area contributed by atoms with Crippen molar-refractivity contribution in [2.45, 2.75) is 37.3 Å². The van der Waals surface area contributed by atoms with Gasteiger partial charge in [-0.1, -0.05) is 25.1 Å². The molecule has 158 valence electrons. The summed E-state index contributed by atoms with van der Waals surface area (Å²) < 4.78 is 5.12. The van der Waals surface area contributed by atoms with E-state index in [1.807, 2.05) is 44.2 Å². The molecule has 0 radical (unpaired) electrons. The van der Waals surface area contributed by atoms with Crippen LogP contribution >= 0.6 is 11.8 Å². The van der Waals surface area contributed by atoms with Crippen LogP contribution in [-0.4, -0.2) is 42.7 Å². The molecule has 2 amide bonds. The first-order valence-electron chi connectivity index (χ1n) is 9.92. The van der Waals surface area contributed by atoms with Gasteiger partial charge < -0.3 is 15.0 Å². The van der Waals surface area contributed by atoms with E-state index in [-0.39, 0.29) is 25.0 Å². The number of carbonyl (C=O) groups excluding carboxylic acids is 3. The second kappa shape index (κ2) is 9.80. The first-order valence-corrected chi connectivity index (χ1v) is 10.8. The van der Waals surface area contributed by atoms with Crippen LogP contribution in [0.25, 0.3) is 0 Å². The van der Waals surface area contributed by atoms with Crippen molar-refractivity contribution in [2.24, 2.45) is 0 Å². The van der Waals surface area contributed by atoms with Gasteiger partial charge in [0.1, 0.15) is 6.54 Å². The number of aryl methyl sites for hydroxylation is 2. The average molecular weight is 427 g/mol. The molecule has 30 heavy (non-hydrogen) atoms. The molecule has 0 saturated heterocycles. The second-order valence-electron chi connectivity index (χ2n) is 7.37. The van der Waals surface area contributed by atoms with Gasteiger partial charge in [0.15, 0.2) is 6.61 Å². The fraction of sp³-hybridized carbons (Fsp3) is 0.348. The van der Waals surface area contributed by atoms with Crippen molar-refractivity contribution in [3.8, 4) is 0 Å². The molecule has 3 rings (SSSR count). The van der Waals surface area contributed by atoms with Crippen LogP contribution in [0.1, 0.15) is 34.8 Å². The van der Waals surface area contributed by atoms with E-state index in [9.17, 15) is 14.4 Å². The maximum atomic E-state index is 12.7. The average Bonchev–Trinajstić information content (AvgIpc) is 2.90. The number of para-hydroxylation sites is 1. The fourth-order valence-electron chi connectivity index (χ4n) is 3.15. The number of hydrogen-bond acceptors (Lipinski definition) is 5. The summed E-state index contributed by atoms with van der Waals surface area (Å²) in [5.74, 6) is -1.27. The summed E-state index contributed by atoms with van der Waals surface area (Å²) in [6, 6.07) is 13.1. The summed E-state index contributed by atoms with van der Waals surface area (Å²) >= 11 is 1.74. The van der Waals surface area contributed by atoms with E-state index in [4.69, 9.17) is 4.74 Å². The smallest absolute Gasteiger partial charge is 0.325 e. The van der Waals surface area contributed by atoms with Crippen LogP contribution in [0.2, 0.25) is 0 Å². The molecule has 0 spiro atoms. The second-order valence-corrected chi connectivity index (χ2v) is 8.85. The van der Waals surface area contributed by atoms with Crippen molar-refractivity contribution < 1.29 is 19.1 Å². The van der Waals surface area contributed by atoms with E-state index in [1.54, 1.807) is 28.8 Å². The van der Waals surface area contributed by atoms with Gasteiger partial charge in [-0.2, -0.15) is 0 Å². The predicted octanol–water partition coefficient (Wildman–Crippen LogP) is 3.49. The molecule has 0 bridgehead atoms. The maximum absolute atomic E-state index is 12.7. The van der Waals surface area contributed by atoms with Crippen LogP contribution in [0.3, 0.4) is 0 Å². The SMILES string of the molecule is Cc1ccc(C(=O)NCC(=O)OCC(=O)N2CCC(C)Sc3ccccc32)cc1C. The highest BCUT2D eigenvalue weighted by molar-refractivity contribution is 8.00. The zero-order valence-electron chi connectivity index (χ0n) is 17.4. The molecule has 0 fully saturated rings. The fourth-order valence-corrected chi connectivity index (χ4v) is 4.27. The lowest BCUT2D eigenvalue weighted by Crippen LogP contribution is -2.37. The zero-order valence-corrected chi connectivity index (χ0v) is 18.3. The maximum Gasteiger partial charge on any atom is 0.325 e. The molecule has 1 aliphatic heterocycles. The molecule has 1 heterocycles. The number of nitrogens with zero attached hydrogens (tertiary/aromatic N) is 1. The highest BCUT2D eigenvalue weighted by Crippen LogP contribution is 2.37. The summed E-state index contributed by atoms with van der Waals surface area (Å²) in [6.07, 6.45) is 0.852. The topological polar surface area (TPSA) is 75.7 Å². The highest BCUT2D eigenvalue weighted by atomic mass is 32.2. The number of anilines is 1. The Labute approximate surface area is 181 Å². The van der Waals surface area contributed by atoms with Crippen LogP contribution in [0.5, 0.6) is 0 Å². The molecule has 2 aromatic carbocycles. The van der Waals surface area contributed by atoms with E-state index in [0.29, 0.717) is 17.4 Å². The van der Waals surface area contributed by atoms with Gasteiger partial charge in [-0.3, -0.25) is 14.4 Å². The number of nitrogens with one attached hydrogen (secondary N) is 1. The predicted molar refractivity (Wildman–Crippen MR) is 118 cm³/mol. The van der Waals surface area contributed by atoms with Crippen LogP contribution in [0.4, 0.5) is 5.69 Å². The van der Waals surface area contributed by atoms with Crippen LogP contribution < -0.4 is 10.2 Å². The molecule has 0 aromatic heterocycles. The number of hydrogen-bond donors (Lipinski definition) is 1. The Morgan fingerprint density at radius 2 is 1.90 bits per heavy atom. The third-order valence-electron chi connectivity index (χ3n) is 5.06. The highest BCUT2D eigenvalue weighted by Gasteiger charge is 2.24.